The number of nitrogens with one attached hydrogen (secondary N) is 1. The van der Waals surface area contributed by atoms with E-state index in [9.17, 15) is 0 Å². The van der Waals surface area contributed by atoms with Gasteiger partial charge >= 0.3 is 0 Å². The number of halogens is 2. The van der Waals surface area contributed by atoms with Crippen molar-refractivity contribution in [1.29, 1.82) is 0 Å². The summed E-state index contributed by atoms with van der Waals surface area (Å²) in [5.74, 6) is 0. The molecular formula is C17H14BrIN2. The van der Waals surface area contributed by atoms with E-state index in [0.29, 0.717) is 0 Å². The lowest BCUT2D eigenvalue weighted by Crippen LogP contribution is -2.07. The lowest BCUT2D eigenvalue weighted by Gasteiger charge is -2.17. The molecular weight excluding hydrogens is 439 g/mol. The van der Waals surface area contributed by atoms with Crippen molar-refractivity contribution in [2.75, 3.05) is 5.32 Å². The van der Waals surface area contributed by atoms with E-state index in [0.717, 1.165) is 21.1 Å². The Morgan fingerprint density at radius 1 is 1.14 bits per heavy atom. The Bertz CT molecular complexity index is 771. The maximum Gasteiger partial charge on any atom is 0.0934 e. The topological polar surface area (TPSA) is 24.9 Å². The van der Waals surface area contributed by atoms with Crippen LogP contribution >= 0.6 is 38.5 Å². The molecule has 2 nitrogen and oxygen atoms in total. The van der Waals surface area contributed by atoms with Crippen molar-refractivity contribution >= 4 is 55.1 Å². The van der Waals surface area contributed by atoms with Gasteiger partial charge in [-0.2, -0.15) is 0 Å². The van der Waals surface area contributed by atoms with E-state index in [-0.39, 0.29) is 6.04 Å². The smallest absolute Gasteiger partial charge is 0.0934 e. The summed E-state index contributed by atoms with van der Waals surface area (Å²) >= 11 is 5.79. The molecule has 4 heteroatoms. The molecule has 0 spiro atoms. The predicted molar refractivity (Wildman–Crippen MR) is 101 cm³/mol. The van der Waals surface area contributed by atoms with Gasteiger partial charge in [-0.1, -0.05) is 24.3 Å². The molecule has 0 saturated heterocycles. The number of benzene rings is 2. The van der Waals surface area contributed by atoms with Crippen molar-refractivity contribution in [2.45, 2.75) is 13.0 Å². The molecule has 1 aromatic heterocycles. The van der Waals surface area contributed by atoms with E-state index in [4.69, 9.17) is 0 Å². The summed E-state index contributed by atoms with van der Waals surface area (Å²) < 4.78 is 2.25. The van der Waals surface area contributed by atoms with Gasteiger partial charge in [0, 0.05) is 25.7 Å². The molecule has 0 aliphatic carbocycles. The second-order valence-corrected chi connectivity index (χ2v) is 7.11. The highest BCUT2D eigenvalue weighted by Gasteiger charge is 2.08. The van der Waals surface area contributed by atoms with Crippen LogP contribution in [0.3, 0.4) is 0 Å². The first kappa shape index (κ1) is 14.8. The largest absolute Gasteiger partial charge is 0.377 e. The first-order valence-electron chi connectivity index (χ1n) is 6.70. The molecule has 106 valence electrons. The summed E-state index contributed by atoms with van der Waals surface area (Å²) in [6.45, 7) is 2.17. The fraction of sp³-hybridized carbons (Fsp3) is 0.118. The van der Waals surface area contributed by atoms with Crippen molar-refractivity contribution in [3.8, 4) is 0 Å². The predicted octanol–water partition coefficient (Wildman–Crippen LogP) is 5.78. The Kier molecular flexibility index (Phi) is 4.45. The average molecular weight is 453 g/mol. The maximum absolute atomic E-state index is 4.53. The second-order valence-electron chi connectivity index (χ2n) is 4.95. The quantitative estimate of drug-likeness (QED) is 0.510. The van der Waals surface area contributed by atoms with E-state index in [1.54, 1.807) is 0 Å². The van der Waals surface area contributed by atoms with Gasteiger partial charge in [-0.05, 0) is 75.3 Å². The molecule has 1 unspecified atom stereocenters. The summed E-state index contributed by atoms with van der Waals surface area (Å²) in [6.07, 6.45) is 1.84. The van der Waals surface area contributed by atoms with Gasteiger partial charge in [-0.3, -0.25) is 4.98 Å². The number of fused-ring (bicyclic) bond motifs is 1. The van der Waals surface area contributed by atoms with Crippen molar-refractivity contribution < 1.29 is 0 Å². The van der Waals surface area contributed by atoms with Gasteiger partial charge in [0.2, 0.25) is 0 Å². The number of anilines is 1. The molecule has 2 aromatic carbocycles. The molecule has 1 atom stereocenters. The number of pyridine rings is 1. The van der Waals surface area contributed by atoms with Crippen molar-refractivity contribution in [2.24, 2.45) is 0 Å². The molecule has 0 bridgehead atoms. The Balaban J connectivity index is 1.92. The molecule has 1 heterocycles. The zero-order chi connectivity index (χ0) is 14.8. The zero-order valence-electron chi connectivity index (χ0n) is 11.5. The SMILES string of the molecule is CC(Nc1cccc2cc(Br)cnc12)c1ccc(I)cc1. The molecule has 0 aliphatic rings. The Morgan fingerprint density at radius 2 is 1.90 bits per heavy atom. The minimum absolute atomic E-state index is 0.234. The summed E-state index contributed by atoms with van der Waals surface area (Å²) in [7, 11) is 0. The van der Waals surface area contributed by atoms with E-state index in [1.165, 1.54) is 9.13 Å². The van der Waals surface area contributed by atoms with Crippen LogP contribution in [0, 0.1) is 3.57 Å². The van der Waals surface area contributed by atoms with Crippen LogP contribution in [0.25, 0.3) is 10.9 Å². The molecule has 21 heavy (non-hydrogen) atoms. The molecule has 0 saturated carbocycles. The first-order valence-corrected chi connectivity index (χ1v) is 8.57. The second kappa shape index (κ2) is 6.32. The van der Waals surface area contributed by atoms with Crippen LogP contribution < -0.4 is 5.32 Å². The van der Waals surface area contributed by atoms with E-state index >= 15 is 0 Å². The molecule has 0 radical (unpaired) electrons. The lowest BCUT2D eigenvalue weighted by molar-refractivity contribution is 0.885. The normalized spacial score (nSPS) is 12.3. The lowest BCUT2D eigenvalue weighted by atomic mass is 10.1. The molecule has 0 aliphatic heterocycles. The van der Waals surface area contributed by atoms with Gasteiger partial charge in [0.05, 0.1) is 11.2 Å². The number of hydrogen-bond donors (Lipinski definition) is 1. The number of nitrogens with zero attached hydrogens (tertiary/aromatic N) is 1. The van der Waals surface area contributed by atoms with E-state index in [2.05, 4.69) is 104 Å². The fourth-order valence-electron chi connectivity index (χ4n) is 2.32. The summed E-state index contributed by atoms with van der Waals surface area (Å²) in [6, 6.07) is 17.1. The molecule has 3 aromatic rings. The van der Waals surface area contributed by atoms with Crippen LogP contribution in [0.2, 0.25) is 0 Å². The molecule has 3 rings (SSSR count). The summed E-state index contributed by atoms with van der Waals surface area (Å²) in [5.41, 5.74) is 3.33. The highest BCUT2D eigenvalue weighted by Crippen LogP contribution is 2.27. The Hall–Kier alpha value is -1.14. The highest BCUT2D eigenvalue weighted by molar-refractivity contribution is 14.1. The molecule has 0 fully saturated rings. The first-order chi connectivity index (χ1) is 10.1. The number of rotatable bonds is 3. The monoisotopic (exact) mass is 452 g/mol. The van der Waals surface area contributed by atoms with Crippen LogP contribution in [0.5, 0.6) is 0 Å². The Morgan fingerprint density at radius 3 is 2.67 bits per heavy atom. The van der Waals surface area contributed by atoms with Crippen LogP contribution in [-0.2, 0) is 0 Å². The van der Waals surface area contributed by atoms with Gasteiger partial charge in [-0.25, -0.2) is 0 Å². The van der Waals surface area contributed by atoms with Crippen LogP contribution in [0.1, 0.15) is 18.5 Å². The standard InChI is InChI=1S/C17H14BrIN2/c1-11(12-5-7-15(19)8-6-12)21-16-4-2-3-13-9-14(18)10-20-17(13)16/h2-11,21H,1H3. The van der Waals surface area contributed by atoms with Crippen LogP contribution in [0.4, 0.5) is 5.69 Å². The van der Waals surface area contributed by atoms with Gasteiger partial charge in [-0.15, -0.1) is 0 Å². The third-order valence-electron chi connectivity index (χ3n) is 3.42. The van der Waals surface area contributed by atoms with Gasteiger partial charge in [0.25, 0.3) is 0 Å². The highest BCUT2D eigenvalue weighted by atomic mass is 127. The molecule has 1 N–H and O–H groups in total. The van der Waals surface area contributed by atoms with E-state index in [1.807, 2.05) is 6.20 Å². The van der Waals surface area contributed by atoms with E-state index < -0.39 is 0 Å². The van der Waals surface area contributed by atoms with Crippen molar-refractivity contribution in [3.63, 3.8) is 0 Å². The van der Waals surface area contributed by atoms with Crippen molar-refractivity contribution in [1.82, 2.24) is 4.98 Å². The third kappa shape index (κ3) is 3.37. The summed E-state index contributed by atoms with van der Waals surface area (Å²) in [5, 5.41) is 4.69. The Labute approximate surface area is 146 Å². The van der Waals surface area contributed by atoms with Crippen molar-refractivity contribution in [3.05, 3.63) is 68.3 Å². The number of aromatic nitrogens is 1. The fourth-order valence-corrected chi connectivity index (χ4v) is 3.03. The minimum atomic E-state index is 0.234. The number of para-hydroxylation sites is 1. The van der Waals surface area contributed by atoms with Gasteiger partial charge in [0.1, 0.15) is 0 Å². The zero-order valence-corrected chi connectivity index (χ0v) is 15.2. The minimum Gasteiger partial charge on any atom is -0.377 e. The summed E-state index contributed by atoms with van der Waals surface area (Å²) in [4.78, 5) is 4.53. The average Bonchev–Trinajstić information content (AvgIpc) is 2.47. The number of hydrogen-bond acceptors (Lipinski definition) is 2. The molecule has 0 amide bonds. The maximum atomic E-state index is 4.53. The van der Waals surface area contributed by atoms with Crippen LogP contribution in [0.15, 0.2) is 59.2 Å². The van der Waals surface area contributed by atoms with Gasteiger partial charge < -0.3 is 5.32 Å². The third-order valence-corrected chi connectivity index (χ3v) is 4.57. The van der Waals surface area contributed by atoms with Gasteiger partial charge in [0.15, 0.2) is 0 Å². The van der Waals surface area contributed by atoms with Crippen LogP contribution in [-0.4, -0.2) is 4.98 Å².